The number of carbonyl (C=O) groups excluding carboxylic acids is 1. The van der Waals surface area contributed by atoms with E-state index in [1.807, 2.05) is 13.8 Å². The third-order valence-electron chi connectivity index (χ3n) is 1.01. The molecule has 5 heteroatoms. The summed E-state index contributed by atoms with van der Waals surface area (Å²) in [4.78, 5) is 10.0. The number of allylic oxidation sites excluding steroid dienone is 1. The van der Waals surface area contributed by atoms with E-state index in [0.717, 1.165) is 5.57 Å². The Kier molecular flexibility index (Phi) is 4.98. The summed E-state index contributed by atoms with van der Waals surface area (Å²) in [5.74, 6) is 0. The van der Waals surface area contributed by atoms with Crippen LogP contribution in [0.25, 0.3) is 0 Å². The van der Waals surface area contributed by atoms with Crippen molar-refractivity contribution in [2.75, 3.05) is 0 Å². The lowest BCUT2D eigenvalue weighted by Gasteiger charge is -2.19. The van der Waals surface area contributed by atoms with Gasteiger partial charge in [0.15, 0.2) is 6.10 Å². The van der Waals surface area contributed by atoms with Gasteiger partial charge in [-0.2, -0.15) is 0 Å². The van der Waals surface area contributed by atoms with Gasteiger partial charge < -0.3 is 4.74 Å². The lowest BCUT2D eigenvalue weighted by atomic mass is 10.2. The number of carbonyl (C=O) groups is 1. The van der Waals surface area contributed by atoms with Crippen LogP contribution in [0.5, 0.6) is 0 Å². The number of ether oxygens (including phenoxy) is 1. The molecule has 0 heterocycles. The minimum atomic E-state index is -1.61. The first-order valence-corrected chi connectivity index (χ1v) is 4.32. The minimum Gasteiger partial charge on any atom is -0.456 e. The fraction of sp³-hybridized carbons (Fsp3) is 0.571. The van der Waals surface area contributed by atoms with Crippen molar-refractivity contribution >= 4 is 41.3 Å². The first-order valence-electron chi connectivity index (χ1n) is 3.18. The van der Waals surface area contributed by atoms with Crippen molar-refractivity contribution < 1.29 is 9.53 Å². The van der Waals surface area contributed by atoms with Gasteiger partial charge in [0.2, 0.25) is 3.79 Å². The van der Waals surface area contributed by atoms with Crippen molar-refractivity contribution in [2.24, 2.45) is 0 Å². The molecule has 0 rings (SSSR count). The Labute approximate surface area is 86.4 Å². The van der Waals surface area contributed by atoms with Crippen molar-refractivity contribution in [2.45, 2.75) is 23.7 Å². The molecule has 0 aliphatic heterocycles. The van der Waals surface area contributed by atoms with E-state index >= 15 is 0 Å². The quantitative estimate of drug-likeness (QED) is 0.424. The summed E-state index contributed by atoms with van der Waals surface area (Å²) in [7, 11) is 0. The summed E-state index contributed by atoms with van der Waals surface area (Å²) in [5.41, 5.74) is 0.910. The molecule has 0 amide bonds. The van der Waals surface area contributed by atoms with E-state index in [9.17, 15) is 4.79 Å². The van der Waals surface area contributed by atoms with Crippen molar-refractivity contribution in [3.8, 4) is 0 Å². The normalized spacial score (nSPS) is 13.4. The van der Waals surface area contributed by atoms with Gasteiger partial charge in [-0.3, -0.25) is 4.79 Å². The first-order chi connectivity index (χ1) is 5.38. The van der Waals surface area contributed by atoms with Crippen molar-refractivity contribution in [1.82, 2.24) is 0 Å². The molecule has 0 aromatic heterocycles. The minimum absolute atomic E-state index is 0.256. The van der Waals surface area contributed by atoms with Crippen LogP contribution >= 0.6 is 34.8 Å². The first kappa shape index (κ1) is 12.1. The van der Waals surface area contributed by atoms with Gasteiger partial charge in [-0.15, -0.1) is 0 Å². The number of hydrogen-bond acceptors (Lipinski definition) is 2. The molecule has 0 spiro atoms. The smallest absolute Gasteiger partial charge is 0.293 e. The van der Waals surface area contributed by atoms with Crippen LogP contribution in [0.3, 0.4) is 0 Å². The van der Waals surface area contributed by atoms with E-state index in [1.165, 1.54) is 0 Å². The van der Waals surface area contributed by atoms with E-state index in [1.54, 1.807) is 6.08 Å². The van der Waals surface area contributed by atoms with Crippen LogP contribution in [0.1, 0.15) is 13.8 Å². The van der Waals surface area contributed by atoms with E-state index in [0.29, 0.717) is 0 Å². The second kappa shape index (κ2) is 4.95. The van der Waals surface area contributed by atoms with Crippen molar-refractivity contribution in [3.05, 3.63) is 11.6 Å². The van der Waals surface area contributed by atoms with Crippen LogP contribution in [-0.4, -0.2) is 16.4 Å². The molecule has 0 aromatic rings. The highest BCUT2D eigenvalue weighted by Gasteiger charge is 2.32. The molecule has 0 radical (unpaired) electrons. The Morgan fingerprint density at radius 2 is 1.92 bits per heavy atom. The highest BCUT2D eigenvalue weighted by molar-refractivity contribution is 6.68. The molecule has 70 valence electrons. The second-order valence-corrected chi connectivity index (χ2v) is 4.81. The van der Waals surface area contributed by atoms with E-state index < -0.39 is 9.90 Å². The largest absolute Gasteiger partial charge is 0.456 e. The van der Waals surface area contributed by atoms with Gasteiger partial charge >= 0.3 is 0 Å². The van der Waals surface area contributed by atoms with Crippen molar-refractivity contribution in [3.63, 3.8) is 0 Å². The maximum absolute atomic E-state index is 10.0. The fourth-order valence-corrected chi connectivity index (χ4v) is 0.917. The zero-order chi connectivity index (χ0) is 9.78. The summed E-state index contributed by atoms with van der Waals surface area (Å²) in [5, 5.41) is 0. The Bertz CT molecular complexity index is 180. The van der Waals surface area contributed by atoms with E-state index in [4.69, 9.17) is 34.8 Å². The lowest BCUT2D eigenvalue weighted by Crippen LogP contribution is -2.26. The number of alkyl halides is 3. The van der Waals surface area contributed by atoms with Crippen LogP contribution in [0.15, 0.2) is 11.6 Å². The van der Waals surface area contributed by atoms with Gasteiger partial charge in [0.1, 0.15) is 0 Å². The summed E-state index contributed by atoms with van der Waals surface area (Å²) in [6, 6.07) is 0. The number of hydrogen-bond donors (Lipinski definition) is 0. The molecule has 0 aliphatic carbocycles. The zero-order valence-electron chi connectivity index (χ0n) is 6.68. The molecule has 0 saturated heterocycles. The SMILES string of the molecule is CC(C)=CC(OC=O)C(Cl)(Cl)Cl. The molecule has 12 heavy (non-hydrogen) atoms. The summed E-state index contributed by atoms with van der Waals surface area (Å²) < 4.78 is 2.95. The second-order valence-electron chi connectivity index (χ2n) is 2.44. The monoisotopic (exact) mass is 230 g/mol. The third-order valence-corrected chi connectivity index (χ3v) is 1.65. The highest BCUT2D eigenvalue weighted by Crippen LogP contribution is 2.33. The van der Waals surface area contributed by atoms with Crippen LogP contribution in [-0.2, 0) is 9.53 Å². The average molecular weight is 232 g/mol. The average Bonchev–Trinajstić information content (AvgIpc) is 1.83. The Morgan fingerprint density at radius 1 is 1.42 bits per heavy atom. The Morgan fingerprint density at radius 3 is 2.17 bits per heavy atom. The highest BCUT2D eigenvalue weighted by atomic mass is 35.6. The topological polar surface area (TPSA) is 26.3 Å². The van der Waals surface area contributed by atoms with Gasteiger partial charge in [0.05, 0.1) is 0 Å². The number of halogens is 3. The Balaban J connectivity index is 4.44. The van der Waals surface area contributed by atoms with E-state index in [-0.39, 0.29) is 6.47 Å². The van der Waals surface area contributed by atoms with Gasteiger partial charge in [0, 0.05) is 0 Å². The van der Waals surface area contributed by atoms with Crippen LogP contribution in [0.4, 0.5) is 0 Å². The molecule has 0 saturated carbocycles. The van der Waals surface area contributed by atoms with Crippen LogP contribution in [0, 0.1) is 0 Å². The fourth-order valence-electron chi connectivity index (χ4n) is 0.574. The molecule has 1 atom stereocenters. The standard InChI is InChI=1S/C7H9Cl3O2/c1-5(2)3-6(12-4-11)7(8,9)10/h3-4,6H,1-2H3. The Hall–Kier alpha value is 0.0800. The molecule has 0 fully saturated rings. The molecule has 0 bridgehead atoms. The van der Waals surface area contributed by atoms with Gasteiger partial charge in [0.25, 0.3) is 6.47 Å². The predicted octanol–water partition coefficient (Wildman–Crippen LogP) is 2.86. The van der Waals surface area contributed by atoms with Gasteiger partial charge in [-0.05, 0) is 19.9 Å². The maximum atomic E-state index is 10.0. The third kappa shape index (κ3) is 4.86. The molecule has 2 nitrogen and oxygen atoms in total. The molecule has 0 aliphatic rings. The molecule has 1 unspecified atom stereocenters. The van der Waals surface area contributed by atoms with E-state index in [2.05, 4.69) is 4.74 Å². The molecular weight excluding hydrogens is 222 g/mol. The molecular formula is C7H9Cl3O2. The van der Waals surface area contributed by atoms with Gasteiger partial charge in [-0.25, -0.2) is 0 Å². The van der Waals surface area contributed by atoms with Crippen LogP contribution in [0.2, 0.25) is 0 Å². The predicted molar refractivity (Wildman–Crippen MR) is 50.7 cm³/mol. The van der Waals surface area contributed by atoms with Crippen LogP contribution < -0.4 is 0 Å². The lowest BCUT2D eigenvalue weighted by molar-refractivity contribution is -0.131. The maximum Gasteiger partial charge on any atom is 0.293 e. The molecule has 0 aromatic carbocycles. The summed E-state index contributed by atoms with van der Waals surface area (Å²) >= 11 is 16.6. The zero-order valence-corrected chi connectivity index (χ0v) is 8.95. The summed E-state index contributed by atoms with van der Waals surface area (Å²) in [6.45, 7) is 3.89. The van der Waals surface area contributed by atoms with Gasteiger partial charge in [-0.1, -0.05) is 40.4 Å². The summed E-state index contributed by atoms with van der Waals surface area (Å²) in [6.07, 6.45) is 0.742. The number of rotatable bonds is 3. The van der Waals surface area contributed by atoms with Crippen molar-refractivity contribution in [1.29, 1.82) is 0 Å². The molecule has 0 N–H and O–H groups in total.